The molecule has 20 heavy (non-hydrogen) atoms. The Morgan fingerprint density at radius 2 is 2.20 bits per heavy atom. The fourth-order valence-corrected chi connectivity index (χ4v) is 2.58. The zero-order valence-electron chi connectivity index (χ0n) is 12.7. The van der Waals surface area contributed by atoms with E-state index in [9.17, 15) is 4.79 Å². The van der Waals surface area contributed by atoms with E-state index in [1.807, 2.05) is 16.5 Å². The molecule has 6 nitrogen and oxygen atoms in total. The maximum Gasteiger partial charge on any atom is 0.276 e. The Hall–Kier alpha value is -1.43. The quantitative estimate of drug-likeness (QED) is 0.883. The van der Waals surface area contributed by atoms with Gasteiger partial charge in [-0.2, -0.15) is 0 Å². The van der Waals surface area contributed by atoms with Gasteiger partial charge in [-0.05, 0) is 38.8 Å². The maximum atomic E-state index is 12.4. The Bertz CT molecular complexity index is 437. The van der Waals surface area contributed by atoms with E-state index in [2.05, 4.69) is 29.5 Å². The molecule has 1 aliphatic heterocycles. The molecule has 0 radical (unpaired) electrons. The molecule has 0 aliphatic carbocycles. The minimum atomic E-state index is -0.0126. The van der Waals surface area contributed by atoms with Crippen molar-refractivity contribution in [2.45, 2.75) is 39.7 Å². The lowest BCUT2D eigenvalue weighted by Crippen LogP contribution is -2.34. The number of carbonyl (C=O) groups excluding carboxylic acids is 1. The van der Waals surface area contributed by atoms with Gasteiger partial charge in [0.05, 0.1) is 12.2 Å². The summed E-state index contributed by atoms with van der Waals surface area (Å²) in [4.78, 5) is 14.2. The molecule has 0 aromatic carbocycles. The minimum absolute atomic E-state index is 0.0126. The number of piperidine rings is 1. The average Bonchev–Trinajstić information content (AvgIpc) is 2.94. The number of hydrogen-bond donors (Lipinski definition) is 1. The fraction of sp³-hybridized carbons (Fsp3) is 0.786. The van der Waals surface area contributed by atoms with Gasteiger partial charge in [-0.15, -0.1) is 5.10 Å². The normalized spacial score (nSPS) is 16.6. The molecule has 1 saturated heterocycles. The molecule has 2 rings (SSSR count). The Labute approximate surface area is 120 Å². The number of nitrogens with zero attached hydrogens (tertiary/aromatic N) is 4. The minimum Gasteiger partial charge on any atom is -0.337 e. The summed E-state index contributed by atoms with van der Waals surface area (Å²) in [6.07, 6.45) is 3.89. The molecule has 0 spiro atoms. The largest absolute Gasteiger partial charge is 0.337 e. The smallest absolute Gasteiger partial charge is 0.276 e. The van der Waals surface area contributed by atoms with Crippen molar-refractivity contribution in [2.24, 2.45) is 5.92 Å². The van der Waals surface area contributed by atoms with Crippen LogP contribution in [-0.2, 0) is 0 Å². The van der Waals surface area contributed by atoms with Crippen LogP contribution in [0.25, 0.3) is 0 Å². The van der Waals surface area contributed by atoms with Crippen LogP contribution in [0.2, 0.25) is 0 Å². The SMILES string of the molecule is CCN(CC(C)C)C(=O)c1cn(C2CCNCC2)nn1. The third-order valence-electron chi connectivity index (χ3n) is 3.67. The molecule has 2 heterocycles. The van der Waals surface area contributed by atoms with Crippen LogP contribution in [0.3, 0.4) is 0 Å². The van der Waals surface area contributed by atoms with E-state index in [1.54, 1.807) is 6.20 Å². The van der Waals surface area contributed by atoms with Gasteiger partial charge in [0.25, 0.3) is 5.91 Å². The highest BCUT2D eigenvalue weighted by Crippen LogP contribution is 2.17. The summed E-state index contributed by atoms with van der Waals surface area (Å²) in [5.74, 6) is 0.444. The second-order valence-electron chi connectivity index (χ2n) is 5.80. The van der Waals surface area contributed by atoms with E-state index in [4.69, 9.17) is 0 Å². The van der Waals surface area contributed by atoms with Crippen molar-refractivity contribution in [1.29, 1.82) is 0 Å². The molecule has 0 bridgehead atoms. The van der Waals surface area contributed by atoms with Crippen molar-refractivity contribution >= 4 is 5.91 Å². The van der Waals surface area contributed by atoms with Gasteiger partial charge in [0.2, 0.25) is 0 Å². The standard InChI is InChI=1S/C14H25N5O/c1-4-18(9-11(2)3)14(20)13-10-19(17-16-13)12-5-7-15-8-6-12/h10-12,15H,4-9H2,1-3H3. The summed E-state index contributed by atoms with van der Waals surface area (Å²) in [6, 6.07) is 0.366. The van der Waals surface area contributed by atoms with Crippen LogP contribution < -0.4 is 5.32 Å². The predicted molar refractivity (Wildman–Crippen MR) is 77.6 cm³/mol. The molecule has 0 unspecified atom stereocenters. The molecule has 6 heteroatoms. The van der Waals surface area contributed by atoms with Crippen LogP contribution in [0.15, 0.2) is 6.20 Å². The lowest BCUT2D eigenvalue weighted by Gasteiger charge is -2.22. The van der Waals surface area contributed by atoms with E-state index in [-0.39, 0.29) is 5.91 Å². The topological polar surface area (TPSA) is 63.1 Å². The van der Waals surface area contributed by atoms with Crippen molar-refractivity contribution in [3.63, 3.8) is 0 Å². The molecule has 112 valence electrons. The van der Waals surface area contributed by atoms with Crippen molar-refractivity contribution in [2.75, 3.05) is 26.2 Å². The second kappa shape index (κ2) is 6.83. The van der Waals surface area contributed by atoms with Gasteiger partial charge < -0.3 is 10.2 Å². The number of rotatable bonds is 5. The lowest BCUT2D eigenvalue weighted by atomic mass is 10.1. The first-order valence-corrected chi connectivity index (χ1v) is 7.53. The number of hydrogen-bond acceptors (Lipinski definition) is 4. The second-order valence-corrected chi connectivity index (χ2v) is 5.80. The van der Waals surface area contributed by atoms with Gasteiger partial charge in [-0.25, -0.2) is 4.68 Å². The summed E-state index contributed by atoms with van der Waals surface area (Å²) in [6.45, 7) is 9.69. The Morgan fingerprint density at radius 1 is 1.50 bits per heavy atom. The van der Waals surface area contributed by atoms with Gasteiger partial charge in [0.15, 0.2) is 5.69 Å². The van der Waals surface area contributed by atoms with Crippen LogP contribution in [0.1, 0.15) is 50.1 Å². The van der Waals surface area contributed by atoms with Gasteiger partial charge in [-0.3, -0.25) is 4.79 Å². The first-order valence-electron chi connectivity index (χ1n) is 7.53. The van der Waals surface area contributed by atoms with E-state index < -0.39 is 0 Å². The van der Waals surface area contributed by atoms with E-state index in [1.165, 1.54) is 0 Å². The van der Waals surface area contributed by atoms with Crippen molar-refractivity contribution < 1.29 is 4.79 Å². The van der Waals surface area contributed by atoms with Crippen molar-refractivity contribution in [3.8, 4) is 0 Å². The highest BCUT2D eigenvalue weighted by atomic mass is 16.2. The molecule has 0 saturated carbocycles. The number of aromatic nitrogens is 3. The summed E-state index contributed by atoms with van der Waals surface area (Å²) < 4.78 is 1.86. The van der Waals surface area contributed by atoms with E-state index in [0.717, 1.165) is 32.5 Å². The Morgan fingerprint density at radius 3 is 2.80 bits per heavy atom. The van der Waals surface area contributed by atoms with Gasteiger partial charge >= 0.3 is 0 Å². The van der Waals surface area contributed by atoms with Crippen molar-refractivity contribution in [3.05, 3.63) is 11.9 Å². The third kappa shape index (κ3) is 3.56. The fourth-order valence-electron chi connectivity index (χ4n) is 2.58. The highest BCUT2D eigenvalue weighted by molar-refractivity contribution is 5.91. The molecule has 0 atom stereocenters. The first kappa shape index (κ1) is 15.0. The van der Waals surface area contributed by atoms with Gasteiger partial charge in [0, 0.05) is 13.1 Å². The molecule has 1 N–H and O–H groups in total. The molecule has 1 aromatic heterocycles. The van der Waals surface area contributed by atoms with Gasteiger partial charge in [-0.1, -0.05) is 19.1 Å². The number of carbonyl (C=O) groups is 1. The monoisotopic (exact) mass is 279 g/mol. The highest BCUT2D eigenvalue weighted by Gasteiger charge is 2.21. The molecule has 1 aliphatic rings. The van der Waals surface area contributed by atoms with Crippen LogP contribution in [0, 0.1) is 5.92 Å². The number of amides is 1. The predicted octanol–water partition coefficient (Wildman–Crippen LogP) is 1.32. The summed E-state index contributed by atoms with van der Waals surface area (Å²) in [7, 11) is 0. The lowest BCUT2D eigenvalue weighted by molar-refractivity contribution is 0.0739. The van der Waals surface area contributed by atoms with Gasteiger partial charge in [0.1, 0.15) is 0 Å². The van der Waals surface area contributed by atoms with Crippen LogP contribution >= 0.6 is 0 Å². The first-order chi connectivity index (χ1) is 9.61. The molecular weight excluding hydrogens is 254 g/mol. The molecule has 1 fully saturated rings. The number of nitrogens with one attached hydrogen (secondary N) is 1. The van der Waals surface area contributed by atoms with Crippen LogP contribution in [-0.4, -0.2) is 52.0 Å². The van der Waals surface area contributed by atoms with Crippen LogP contribution in [0.4, 0.5) is 0 Å². The van der Waals surface area contributed by atoms with Crippen LogP contribution in [0.5, 0.6) is 0 Å². The molecule has 1 aromatic rings. The van der Waals surface area contributed by atoms with E-state index in [0.29, 0.717) is 24.2 Å². The zero-order valence-corrected chi connectivity index (χ0v) is 12.7. The Balaban J connectivity index is 2.04. The average molecular weight is 279 g/mol. The molecular formula is C14H25N5O. The Kier molecular flexibility index (Phi) is 5.11. The summed E-state index contributed by atoms with van der Waals surface area (Å²) >= 11 is 0. The molecule has 1 amide bonds. The maximum absolute atomic E-state index is 12.4. The third-order valence-corrected chi connectivity index (χ3v) is 3.67. The summed E-state index contributed by atoms with van der Waals surface area (Å²) in [5.41, 5.74) is 0.464. The van der Waals surface area contributed by atoms with Crippen molar-refractivity contribution in [1.82, 2.24) is 25.2 Å². The summed E-state index contributed by atoms with van der Waals surface area (Å²) in [5, 5.41) is 11.5. The van der Waals surface area contributed by atoms with E-state index >= 15 is 0 Å². The zero-order chi connectivity index (χ0) is 14.5.